The van der Waals surface area contributed by atoms with E-state index in [-0.39, 0.29) is 24.1 Å². The molecule has 2 aromatic heterocycles. The quantitative estimate of drug-likeness (QED) is 0.281. The number of carbonyl (C=O) groups is 1. The number of nitrogens with one attached hydrogen (secondary N) is 2. The number of hydrogen-bond donors (Lipinski definition) is 2. The number of pyridine rings is 1. The zero-order valence-corrected chi connectivity index (χ0v) is 26.5. The molecule has 2 aliphatic rings. The number of nitrogens with zero attached hydrogens (tertiary/aromatic N) is 3. The summed E-state index contributed by atoms with van der Waals surface area (Å²) in [6.45, 7) is 15.0. The van der Waals surface area contributed by atoms with Crippen LogP contribution in [0.2, 0.25) is 0 Å². The fourth-order valence-electron chi connectivity index (χ4n) is 7.28. The zero-order chi connectivity index (χ0) is 30.8. The minimum absolute atomic E-state index is 0.143. The molecular weight excluding hydrogens is 550 g/mol. The van der Waals surface area contributed by atoms with Crippen molar-refractivity contribution in [3.05, 3.63) is 98.6 Å². The van der Waals surface area contributed by atoms with Crippen molar-refractivity contribution < 1.29 is 9.53 Å². The SMILES string of the molecule is Cc1cc(C)c(CNC(=O)c2c(C)n([C@H](C)C3CCN(c4cccc(CN5CCOCC5)c4)CC3)c3ccccc23)c(=O)[nH]1. The Morgan fingerprint density at radius 2 is 1.75 bits per heavy atom. The van der Waals surface area contributed by atoms with E-state index in [1.54, 1.807) is 0 Å². The van der Waals surface area contributed by atoms with E-state index in [1.165, 1.54) is 11.3 Å². The van der Waals surface area contributed by atoms with Crippen molar-refractivity contribution in [2.45, 2.75) is 59.7 Å². The van der Waals surface area contributed by atoms with Crippen molar-refractivity contribution in [2.75, 3.05) is 44.3 Å². The summed E-state index contributed by atoms with van der Waals surface area (Å²) in [6, 6.07) is 19.4. The second kappa shape index (κ2) is 13.0. The molecule has 1 amide bonds. The predicted molar refractivity (Wildman–Crippen MR) is 177 cm³/mol. The number of hydrogen-bond acceptors (Lipinski definition) is 5. The summed E-state index contributed by atoms with van der Waals surface area (Å²) in [7, 11) is 0. The molecule has 0 radical (unpaired) electrons. The van der Waals surface area contributed by atoms with E-state index in [4.69, 9.17) is 4.74 Å². The van der Waals surface area contributed by atoms with Crippen LogP contribution in [0.3, 0.4) is 0 Å². The molecule has 0 bridgehead atoms. The molecule has 0 saturated carbocycles. The third kappa shape index (κ3) is 6.19. The number of morpholine rings is 1. The van der Waals surface area contributed by atoms with Crippen LogP contribution in [-0.4, -0.2) is 59.8 Å². The smallest absolute Gasteiger partial charge is 0.254 e. The number of fused-ring (bicyclic) bond motifs is 1. The van der Waals surface area contributed by atoms with Gasteiger partial charge in [-0.25, -0.2) is 0 Å². The van der Waals surface area contributed by atoms with Crippen LogP contribution in [0.5, 0.6) is 0 Å². The van der Waals surface area contributed by atoms with Crippen molar-refractivity contribution in [3.8, 4) is 0 Å². The number of aromatic nitrogens is 2. The molecule has 232 valence electrons. The lowest BCUT2D eigenvalue weighted by molar-refractivity contribution is 0.0342. The Balaban J connectivity index is 1.16. The van der Waals surface area contributed by atoms with Gasteiger partial charge in [-0.2, -0.15) is 0 Å². The van der Waals surface area contributed by atoms with Crippen LogP contribution in [-0.2, 0) is 17.8 Å². The highest BCUT2D eigenvalue weighted by Gasteiger charge is 2.29. The monoisotopic (exact) mass is 595 g/mol. The predicted octanol–water partition coefficient (Wildman–Crippen LogP) is 5.49. The number of amides is 1. The molecule has 8 nitrogen and oxygen atoms in total. The Morgan fingerprint density at radius 3 is 2.50 bits per heavy atom. The maximum Gasteiger partial charge on any atom is 0.254 e. The van der Waals surface area contributed by atoms with E-state index in [0.29, 0.717) is 17.0 Å². The zero-order valence-electron chi connectivity index (χ0n) is 26.5. The van der Waals surface area contributed by atoms with Gasteiger partial charge in [0, 0.05) is 78.9 Å². The summed E-state index contributed by atoms with van der Waals surface area (Å²) in [5.74, 6) is 0.359. The number of anilines is 1. The number of piperidine rings is 1. The van der Waals surface area contributed by atoms with Gasteiger partial charge in [0.2, 0.25) is 0 Å². The summed E-state index contributed by atoms with van der Waals surface area (Å²) in [4.78, 5) is 34.1. The van der Waals surface area contributed by atoms with Crippen LogP contribution in [0.15, 0.2) is 59.4 Å². The van der Waals surface area contributed by atoms with E-state index in [2.05, 4.69) is 68.8 Å². The Kier molecular flexibility index (Phi) is 8.91. The number of aryl methyl sites for hydroxylation is 2. The number of para-hydroxylation sites is 1. The van der Waals surface area contributed by atoms with Gasteiger partial charge in [0.1, 0.15) is 0 Å². The molecule has 4 aromatic rings. The summed E-state index contributed by atoms with van der Waals surface area (Å²) >= 11 is 0. The van der Waals surface area contributed by atoms with E-state index in [1.807, 2.05) is 38.1 Å². The van der Waals surface area contributed by atoms with Crippen LogP contribution in [0, 0.1) is 26.7 Å². The maximum atomic E-state index is 13.7. The molecule has 2 aliphatic heterocycles. The van der Waals surface area contributed by atoms with E-state index in [9.17, 15) is 9.59 Å². The molecule has 44 heavy (non-hydrogen) atoms. The van der Waals surface area contributed by atoms with Gasteiger partial charge in [0.05, 0.1) is 18.8 Å². The van der Waals surface area contributed by atoms with Crippen molar-refractivity contribution >= 4 is 22.5 Å². The molecular formula is C36H45N5O3. The number of carbonyl (C=O) groups excluding carboxylic acids is 1. The molecule has 8 heteroatoms. The lowest BCUT2D eigenvalue weighted by Crippen LogP contribution is -2.37. The lowest BCUT2D eigenvalue weighted by atomic mass is 9.89. The van der Waals surface area contributed by atoms with Crippen molar-refractivity contribution in [1.82, 2.24) is 19.8 Å². The largest absolute Gasteiger partial charge is 0.379 e. The molecule has 0 spiro atoms. The molecule has 4 heterocycles. The molecule has 6 rings (SSSR count). The Bertz CT molecular complexity index is 1690. The van der Waals surface area contributed by atoms with Crippen molar-refractivity contribution in [1.29, 1.82) is 0 Å². The van der Waals surface area contributed by atoms with Gasteiger partial charge in [-0.1, -0.05) is 30.3 Å². The van der Waals surface area contributed by atoms with E-state index < -0.39 is 0 Å². The van der Waals surface area contributed by atoms with Crippen molar-refractivity contribution in [3.63, 3.8) is 0 Å². The van der Waals surface area contributed by atoms with Crippen LogP contribution in [0.1, 0.15) is 64.2 Å². The first kappa shape index (κ1) is 30.2. The van der Waals surface area contributed by atoms with E-state index in [0.717, 1.165) is 86.6 Å². The molecule has 0 aliphatic carbocycles. The fourth-order valence-corrected chi connectivity index (χ4v) is 7.28. The van der Waals surface area contributed by atoms with Gasteiger partial charge in [-0.3, -0.25) is 14.5 Å². The van der Waals surface area contributed by atoms with Crippen LogP contribution in [0.4, 0.5) is 5.69 Å². The van der Waals surface area contributed by atoms with Gasteiger partial charge >= 0.3 is 0 Å². The van der Waals surface area contributed by atoms with E-state index >= 15 is 0 Å². The van der Waals surface area contributed by atoms with Gasteiger partial charge < -0.3 is 24.5 Å². The van der Waals surface area contributed by atoms with Gasteiger partial charge in [0.25, 0.3) is 11.5 Å². The average Bonchev–Trinajstić information content (AvgIpc) is 3.32. The molecule has 2 N–H and O–H groups in total. The Morgan fingerprint density at radius 1 is 1.00 bits per heavy atom. The number of rotatable bonds is 8. The molecule has 2 fully saturated rings. The number of H-pyrrole nitrogens is 1. The molecule has 0 unspecified atom stereocenters. The third-order valence-electron chi connectivity index (χ3n) is 9.72. The van der Waals surface area contributed by atoms with Crippen molar-refractivity contribution in [2.24, 2.45) is 5.92 Å². The number of aromatic amines is 1. The standard InChI is InChI=1S/C36H45N5O3/c1-24-20-25(2)38-35(42)32(24)22-37-36(43)34-27(4)41(33-11-6-5-10-31(33)34)26(3)29-12-14-40(15-13-29)30-9-7-8-28(21-30)23-39-16-18-44-19-17-39/h5-11,20-21,26,29H,12-19,22-23H2,1-4H3,(H,37,43)(H,38,42)/t26-/m1/s1. The minimum Gasteiger partial charge on any atom is -0.379 e. The van der Waals surface area contributed by atoms with Crippen LogP contribution >= 0.6 is 0 Å². The topological polar surface area (TPSA) is 82.6 Å². The first-order chi connectivity index (χ1) is 21.3. The Labute approximate surface area is 260 Å². The second-order valence-corrected chi connectivity index (χ2v) is 12.6. The second-order valence-electron chi connectivity index (χ2n) is 12.6. The third-order valence-corrected chi connectivity index (χ3v) is 9.72. The Hall–Kier alpha value is -3.88. The molecule has 2 aromatic carbocycles. The highest BCUT2D eigenvalue weighted by molar-refractivity contribution is 6.08. The number of ether oxygens (including phenoxy) is 1. The highest BCUT2D eigenvalue weighted by Crippen LogP contribution is 2.36. The fraction of sp³-hybridized carbons (Fsp3) is 0.444. The summed E-state index contributed by atoms with van der Waals surface area (Å²) in [5, 5.41) is 4.00. The van der Waals surface area contributed by atoms with Gasteiger partial charge in [-0.05, 0) is 81.8 Å². The molecule has 2 saturated heterocycles. The first-order valence-corrected chi connectivity index (χ1v) is 16.0. The lowest BCUT2D eigenvalue weighted by Gasteiger charge is -2.37. The van der Waals surface area contributed by atoms with Gasteiger partial charge in [0.15, 0.2) is 0 Å². The maximum absolute atomic E-state index is 13.7. The normalized spacial score (nSPS) is 17.2. The summed E-state index contributed by atoms with van der Waals surface area (Å²) in [5.41, 5.74) is 7.58. The van der Waals surface area contributed by atoms with Crippen LogP contribution < -0.4 is 15.8 Å². The van der Waals surface area contributed by atoms with Gasteiger partial charge in [-0.15, -0.1) is 0 Å². The summed E-state index contributed by atoms with van der Waals surface area (Å²) < 4.78 is 7.89. The highest BCUT2D eigenvalue weighted by atomic mass is 16.5. The summed E-state index contributed by atoms with van der Waals surface area (Å²) in [6.07, 6.45) is 2.19. The average molecular weight is 596 g/mol. The first-order valence-electron chi connectivity index (χ1n) is 16.0. The van der Waals surface area contributed by atoms with Crippen LogP contribution in [0.25, 0.3) is 10.9 Å². The number of benzene rings is 2. The molecule has 1 atom stereocenters. The minimum atomic E-state index is -0.147.